The van der Waals surface area contributed by atoms with Crippen LogP contribution in [0.4, 0.5) is 10.3 Å². The molecule has 0 atom stereocenters. The number of aromatic nitrogens is 2. The molecular formula is C13H14BrFN4. The summed E-state index contributed by atoms with van der Waals surface area (Å²) < 4.78 is 14.6. The van der Waals surface area contributed by atoms with Crippen LogP contribution in [0.3, 0.4) is 0 Å². The first-order valence-electron chi connectivity index (χ1n) is 5.81. The number of nitrogens with zero attached hydrogens (tertiary/aromatic N) is 3. The molecule has 2 N–H and O–H groups in total. The van der Waals surface area contributed by atoms with Crippen molar-refractivity contribution in [2.75, 3.05) is 25.0 Å². The summed E-state index contributed by atoms with van der Waals surface area (Å²) in [7, 11) is 1.85. The van der Waals surface area contributed by atoms with E-state index in [9.17, 15) is 4.39 Å². The molecule has 1 aromatic heterocycles. The van der Waals surface area contributed by atoms with Crippen molar-refractivity contribution in [3.63, 3.8) is 0 Å². The van der Waals surface area contributed by atoms with Gasteiger partial charge in [0, 0.05) is 36.4 Å². The van der Waals surface area contributed by atoms with E-state index in [1.54, 1.807) is 24.4 Å². The number of likely N-dealkylation sites (N-methyl/N-ethyl adjacent to an activating group) is 1. The topological polar surface area (TPSA) is 55.0 Å². The van der Waals surface area contributed by atoms with Crippen LogP contribution < -0.4 is 10.6 Å². The second-order valence-corrected chi connectivity index (χ2v) is 4.99. The summed E-state index contributed by atoms with van der Waals surface area (Å²) >= 11 is 3.33. The Morgan fingerprint density at radius 2 is 2.16 bits per heavy atom. The van der Waals surface area contributed by atoms with Gasteiger partial charge in [-0.1, -0.05) is 15.9 Å². The maximum absolute atomic E-state index is 13.8. The van der Waals surface area contributed by atoms with Gasteiger partial charge in [0.1, 0.15) is 5.82 Å². The van der Waals surface area contributed by atoms with Crippen molar-refractivity contribution in [1.29, 1.82) is 0 Å². The molecule has 0 aliphatic rings. The zero-order valence-electron chi connectivity index (χ0n) is 10.5. The van der Waals surface area contributed by atoms with E-state index in [1.807, 2.05) is 11.9 Å². The van der Waals surface area contributed by atoms with Gasteiger partial charge in [-0.2, -0.15) is 0 Å². The molecule has 100 valence electrons. The fourth-order valence-corrected chi connectivity index (χ4v) is 2.03. The first-order valence-corrected chi connectivity index (χ1v) is 6.61. The quantitative estimate of drug-likeness (QED) is 0.938. The summed E-state index contributed by atoms with van der Waals surface area (Å²) in [5.74, 6) is 0.219. The maximum atomic E-state index is 13.8. The van der Waals surface area contributed by atoms with Gasteiger partial charge < -0.3 is 10.6 Å². The molecule has 0 aliphatic heterocycles. The van der Waals surface area contributed by atoms with Crippen molar-refractivity contribution >= 4 is 21.9 Å². The molecule has 1 aromatic carbocycles. The van der Waals surface area contributed by atoms with Crippen molar-refractivity contribution in [2.45, 2.75) is 0 Å². The molecule has 0 saturated heterocycles. The van der Waals surface area contributed by atoms with E-state index in [-0.39, 0.29) is 5.82 Å². The molecule has 0 unspecified atom stereocenters. The molecule has 19 heavy (non-hydrogen) atoms. The normalized spacial score (nSPS) is 10.5. The van der Waals surface area contributed by atoms with Crippen molar-refractivity contribution in [2.24, 2.45) is 5.73 Å². The van der Waals surface area contributed by atoms with E-state index in [0.29, 0.717) is 30.3 Å². The average Bonchev–Trinajstić information content (AvgIpc) is 2.42. The van der Waals surface area contributed by atoms with Crippen LogP contribution >= 0.6 is 15.9 Å². The summed E-state index contributed by atoms with van der Waals surface area (Å²) in [6.45, 7) is 1.15. The predicted molar refractivity (Wildman–Crippen MR) is 77.5 cm³/mol. The Labute approximate surface area is 119 Å². The van der Waals surface area contributed by atoms with Crippen molar-refractivity contribution in [3.8, 4) is 11.3 Å². The van der Waals surface area contributed by atoms with Gasteiger partial charge >= 0.3 is 0 Å². The van der Waals surface area contributed by atoms with E-state index < -0.39 is 0 Å². The molecular weight excluding hydrogens is 311 g/mol. The maximum Gasteiger partial charge on any atom is 0.225 e. The van der Waals surface area contributed by atoms with E-state index in [4.69, 9.17) is 5.73 Å². The summed E-state index contributed by atoms with van der Waals surface area (Å²) in [5.41, 5.74) is 6.49. The van der Waals surface area contributed by atoms with Gasteiger partial charge in [0.2, 0.25) is 5.95 Å². The third-order valence-electron chi connectivity index (χ3n) is 2.65. The van der Waals surface area contributed by atoms with Gasteiger partial charge in [0.15, 0.2) is 0 Å². The van der Waals surface area contributed by atoms with Crippen molar-refractivity contribution < 1.29 is 4.39 Å². The standard InChI is InChI=1S/C13H14BrFN4/c1-19(7-5-16)13-17-6-4-12(18-13)10-8-9(14)2-3-11(10)15/h2-4,6,8H,5,7,16H2,1H3. The lowest BCUT2D eigenvalue weighted by molar-refractivity contribution is 0.630. The Hall–Kier alpha value is -1.53. The third-order valence-corrected chi connectivity index (χ3v) is 3.15. The second kappa shape index (κ2) is 6.08. The Morgan fingerprint density at radius 1 is 1.37 bits per heavy atom. The van der Waals surface area contributed by atoms with E-state index in [0.717, 1.165) is 4.47 Å². The molecule has 1 heterocycles. The van der Waals surface area contributed by atoms with E-state index in [1.165, 1.54) is 6.07 Å². The minimum Gasteiger partial charge on any atom is -0.343 e. The SMILES string of the molecule is CN(CCN)c1nccc(-c2cc(Br)ccc2F)n1. The Kier molecular flexibility index (Phi) is 4.44. The summed E-state index contributed by atoms with van der Waals surface area (Å²) in [5, 5.41) is 0. The smallest absolute Gasteiger partial charge is 0.225 e. The molecule has 0 amide bonds. The largest absolute Gasteiger partial charge is 0.343 e. The first-order chi connectivity index (χ1) is 9.11. The van der Waals surface area contributed by atoms with Crippen LogP contribution in [0.15, 0.2) is 34.9 Å². The number of halogens is 2. The van der Waals surface area contributed by atoms with Gasteiger partial charge in [-0.15, -0.1) is 0 Å². The Bertz CT molecular complexity index is 576. The van der Waals surface area contributed by atoms with Gasteiger partial charge in [-0.05, 0) is 24.3 Å². The highest BCUT2D eigenvalue weighted by atomic mass is 79.9. The molecule has 6 heteroatoms. The molecule has 0 aliphatic carbocycles. The minimum atomic E-state index is -0.311. The van der Waals surface area contributed by atoms with Crippen LogP contribution in [0.5, 0.6) is 0 Å². The molecule has 0 spiro atoms. The molecule has 0 bridgehead atoms. The number of rotatable bonds is 4. The zero-order chi connectivity index (χ0) is 13.8. The highest BCUT2D eigenvalue weighted by Crippen LogP contribution is 2.25. The average molecular weight is 325 g/mol. The fraction of sp³-hybridized carbons (Fsp3) is 0.231. The van der Waals surface area contributed by atoms with Gasteiger partial charge in [-0.3, -0.25) is 0 Å². The van der Waals surface area contributed by atoms with Gasteiger partial charge in [-0.25, -0.2) is 14.4 Å². The van der Waals surface area contributed by atoms with Crippen molar-refractivity contribution in [3.05, 3.63) is 40.8 Å². The minimum absolute atomic E-state index is 0.311. The lowest BCUT2D eigenvalue weighted by Crippen LogP contribution is -2.26. The Morgan fingerprint density at radius 3 is 2.89 bits per heavy atom. The molecule has 0 fully saturated rings. The highest BCUT2D eigenvalue weighted by molar-refractivity contribution is 9.10. The van der Waals surface area contributed by atoms with Crippen LogP contribution in [-0.4, -0.2) is 30.1 Å². The summed E-state index contributed by atoms with van der Waals surface area (Å²) in [6.07, 6.45) is 1.62. The molecule has 0 radical (unpaired) electrons. The number of hydrogen-bond acceptors (Lipinski definition) is 4. The summed E-state index contributed by atoms with van der Waals surface area (Å²) in [6, 6.07) is 6.45. The number of nitrogens with two attached hydrogens (primary N) is 1. The third kappa shape index (κ3) is 3.27. The van der Waals surface area contributed by atoms with Gasteiger partial charge in [0.25, 0.3) is 0 Å². The molecule has 2 rings (SSSR count). The lowest BCUT2D eigenvalue weighted by atomic mass is 10.1. The lowest BCUT2D eigenvalue weighted by Gasteiger charge is -2.16. The first kappa shape index (κ1) is 13.9. The van der Waals surface area contributed by atoms with Crippen LogP contribution in [0, 0.1) is 5.82 Å². The van der Waals surface area contributed by atoms with E-state index >= 15 is 0 Å². The van der Waals surface area contributed by atoms with Crippen LogP contribution in [0.1, 0.15) is 0 Å². The zero-order valence-corrected chi connectivity index (χ0v) is 12.1. The van der Waals surface area contributed by atoms with Crippen molar-refractivity contribution in [1.82, 2.24) is 9.97 Å². The second-order valence-electron chi connectivity index (χ2n) is 4.08. The molecule has 0 saturated carbocycles. The molecule has 4 nitrogen and oxygen atoms in total. The predicted octanol–water partition coefficient (Wildman–Crippen LogP) is 2.44. The number of benzene rings is 1. The molecule has 2 aromatic rings. The number of hydrogen-bond donors (Lipinski definition) is 1. The fourth-order valence-electron chi connectivity index (χ4n) is 1.67. The monoisotopic (exact) mass is 324 g/mol. The highest BCUT2D eigenvalue weighted by Gasteiger charge is 2.10. The summed E-state index contributed by atoms with van der Waals surface area (Å²) in [4.78, 5) is 10.4. The number of anilines is 1. The van der Waals surface area contributed by atoms with E-state index in [2.05, 4.69) is 25.9 Å². The van der Waals surface area contributed by atoms with Gasteiger partial charge in [0.05, 0.1) is 5.69 Å². The van der Waals surface area contributed by atoms with Crippen LogP contribution in [0.2, 0.25) is 0 Å². The van der Waals surface area contributed by atoms with Crippen LogP contribution in [-0.2, 0) is 0 Å². The van der Waals surface area contributed by atoms with Crippen LogP contribution in [0.25, 0.3) is 11.3 Å². The Balaban J connectivity index is 2.40.